The predicted octanol–water partition coefficient (Wildman–Crippen LogP) is 5.48. The molecule has 3 rings (SSSR count). The zero-order chi connectivity index (χ0) is 20.3. The van der Waals surface area contributed by atoms with Gasteiger partial charge in [0.1, 0.15) is 5.82 Å². The van der Waals surface area contributed by atoms with E-state index in [9.17, 15) is 18.0 Å². The standard InChI is InChI=1S/C20H17ClF3N3O/c1-2-20(23,24)16-8-7-14(21)11-13(16)12-27-10-9-18(26-27)25-19(28)15-5-3-4-6-17(15)22/h3-11H,2,12H2,1H3,(H,25,26,28). The monoisotopic (exact) mass is 407 g/mol. The maximum Gasteiger partial charge on any atom is 0.273 e. The van der Waals surface area contributed by atoms with E-state index in [1.807, 2.05) is 0 Å². The highest BCUT2D eigenvalue weighted by molar-refractivity contribution is 6.30. The zero-order valence-corrected chi connectivity index (χ0v) is 15.7. The smallest absolute Gasteiger partial charge is 0.273 e. The maximum absolute atomic E-state index is 14.2. The number of nitrogens with one attached hydrogen (secondary N) is 1. The van der Waals surface area contributed by atoms with Gasteiger partial charge in [0.25, 0.3) is 11.8 Å². The van der Waals surface area contributed by atoms with Crippen LogP contribution in [-0.4, -0.2) is 15.7 Å². The Balaban J connectivity index is 1.80. The minimum Gasteiger partial charge on any atom is -0.305 e. The zero-order valence-electron chi connectivity index (χ0n) is 14.9. The van der Waals surface area contributed by atoms with Gasteiger partial charge in [-0.05, 0) is 29.8 Å². The summed E-state index contributed by atoms with van der Waals surface area (Å²) in [5.74, 6) is -4.11. The summed E-state index contributed by atoms with van der Waals surface area (Å²) in [6.45, 7) is 1.45. The molecular weight excluding hydrogens is 391 g/mol. The molecule has 1 heterocycles. The van der Waals surface area contributed by atoms with Crippen LogP contribution < -0.4 is 5.32 Å². The second-order valence-electron chi connectivity index (χ2n) is 6.19. The molecule has 146 valence electrons. The van der Waals surface area contributed by atoms with Crippen LogP contribution in [0.5, 0.6) is 0 Å². The van der Waals surface area contributed by atoms with E-state index in [-0.39, 0.29) is 29.9 Å². The second kappa shape index (κ2) is 8.06. The highest BCUT2D eigenvalue weighted by Crippen LogP contribution is 2.35. The lowest BCUT2D eigenvalue weighted by molar-refractivity contribution is -0.00924. The van der Waals surface area contributed by atoms with Crippen molar-refractivity contribution in [3.63, 3.8) is 0 Å². The Kier molecular flexibility index (Phi) is 5.74. The molecule has 0 aliphatic carbocycles. The predicted molar refractivity (Wildman–Crippen MR) is 101 cm³/mol. The van der Waals surface area contributed by atoms with Crippen molar-refractivity contribution >= 4 is 23.3 Å². The van der Waals surface area contributed by atoms with Crippen molar-refractivity contribution < 1.29 is 18.0 Å². The maximum atomic E-state index is 14.2. The van der Waals surface area contributed by atoms with E-state index in [0.29, 0.717) is 10.6 Å². The van der Waals surface area contributed by atoms with Crippen molar-refractivity contribution in [3.8, 4) is 0 Å². The molecule has 3 aromatic rings. The summed E-state index contributed by atoms with van der Waals surface area (Å²) in [4.78, 5) is 12.2. The lowest BCUT2D eigenvalue weighted by Gasteiger charge is -2.19. The first kappa shape index (κ1) is 19.9. The third-order valence-corrected chi connectivity index (χ3v) is 4.47. The molecule has 1 aromatic heterocycles. The van der Waals surface area contributed by atoms with Crippen LogP contribution in [0.2, 0.25) is 5.02 Å². The third-order valence-electron chi connectivity index (χ3n) is 4.24. The van der Waals surface area contributed by atoms with Crippen LogP contribution in [0.3, 0.4) is 0 Å². The largest absolute Gasteiger partial charge is 0.305 e. The van der Waals surface area contributed by atoms with Crippen LogP contribution >= 0.6 is 11.6 Å². The Hall–Kier alpha value is -2.80. The van der Waals surface area contributed by atoms with Gasteiger partial charge in [0.2, 0.25) is 0 Å². The minimum atomic E-state index is -2.99. The summed E-state index contributed by atoms with van der Waals surface area (Å²) in [6.07, 6.45) is 1.19. The van der Waals surface area contributed by atoms with Crippen LogP contribution in [0.25, 0.3) is 0 Å². The van der Waals surface area contributed by atoms with Crippen molar-refractivity contribution in [1.29, 1.82) is 0 Å². The number of halogens is 4. The van der Waals surface area contributed by atoms with Crippen LogP contribution in [-0.2, 0) is 12.5 Å². The number of hydrogen-bond donors (Lipinski definition) is 1. The van der Waals surface area contributed by atoms with Crippen molar-refractivity contribution in [2.45, 2.75) is 25.8 Å². The fourth-order valence-electron chi connectivity index (χ4n) is 2.76. The number of rotatable bonds is 6. The van der Waals surface area contributed by atoms with Gasteiger partial charge in [-0.2, -0.15) is 5.10 Å². The first-order valence-corrected chi connectivity index (χ1v) is 8.94. The Bertz CT molecular complexity index is 1000. The summed E-state index contributed by atoms with van der Waals surface area (Å²) in [5, 5.41) is 6.98. The van der Waals surface area contributed by atoms with Gasteiger partial charge in [-0.25, -0.2) is 13.2 Å². The summed E-state index contributed by atoms with van der Waals surface area (Å²) >= 11 is 5.97. The minimum absolute atomic E-state index is 0.0427. The molecule has 0 fully saturated rings. The molecule has 2 aromatic carbocycles. The fourth-order valence-corrected chi connectivity index (χ4v) is 2.96. The summed E-state index contributed by atoms with van der Waals surface area (Å²) < 4.78 is 43.5. The molecule has 0 aliphatic heterocycles. The molecule has 4 nitrogen and oxygen atoms in total. The quantitative estimate of drug-likeness (QED) is 0.588. The molecule has 28 heavy (non-hydrogen) atoms. The second-order valence-corrected chi connectivity index (χ2v) is 6.63. The molecule has 1 amide bonds. The van der Waals surface area contributed by atoms with E-state index in [2.05, 4.69) is 10.4 Å². The van der Waals surface area contributed by atoms with Crippen LogP contribution in [0.15, 0.2) is 54.7 Å². The number of carbonyl (C=O) groups excluding carboxylic acids is 1. The van der Waals surface area contributed by atoms with E-state index in [1.165, 1.54) is 60.3 Å². The number of benzene rings is 2. The number of carbonyl (C=O) groups is 1. The van der Waals surface area contributed by atoms with Gasteiger partial charge >= 0.3 is 0 Å². The van der Waals surface area contributed by atoms with Gasteiger partial charge in [0.05, 0.1) is 12.1 Å². The molecule has 0 saturated heterocycles. The number of aromatic nitrogens is 2. The SMILES string of the molecule is CCC(F)(F)c1ccc(Cl)cc1Cn1ccc(NC(=O)c2ccccc2F)n1. The lowest BCUT2D eigenvalue weighted by Crippen LogP contribution is -2.17. The van der Waals surface area contributed by atoms with Gasteiger partial charge in [-0.3, -0.25) is 9.48 Å². The van der Waals surface area contributed by atoms with E-state index in [4.69, 9.17) is 11.6 Å². The van der Waals surface area contributed by atoms with Crippen LogP contribution in [0.4, 0.5) is 19.0 Å². The number of anilines is 1. The average Bonchev–Trinajstić information content (AvgIpc) is 3.08. The molecule has 0 saturated carbocycles. The summed E-state index contributed by atoms with van der Waals surface area (Å²) in [6, 6.07) is 11.3. The highest BCUT2D eigenvalue weighted by atomic mass is 35.5. The molecule has 0 aliphatic rings. The van der Waals surface area contributed by atoms with Crippen molar-refractivity contribution in [2.24, 2.45) is 0 Å². The normalized spacial score (nSPS) is 11.5. The van der Waals surface area contributed by atoms with Crippen LogP contribution in [0.1, 0.15) is 34.8 Å². The first-order valence-electron chi connectivity index (χ1n) is 8.56. The van der Waals surface area contributed by atoms with Gasteiger partial charge in [-0.1, -0.05) is 36.7 Å². The molecular formula is C20H17ClF3N3O. The molecule has 8 heteroatoms. The lowest BCUT2D eigenvalue weighted by atomic mass is 10.00. The third kappa shape index (κ3) is 4.36. The number of hydrogen-bond acceptors (Lipinski definition) is 2. The summed E-state index contributed by atoms with van der Waals surface area (Å²) in [7, 11) is 0. The Morgan fingerprint density at radius 2 is 1.96 bits per heavy atom. The van der Waals surface area contributed by atoms with Crippen molar-refractivity contribution in [1.82, 2.24) is 9.78 Å². The van der Waals surface area contributed by atoms with Gasteiger partial charge in [0, 0.05) is 29.3 Å². The average molecular weight is 408 g/mol. The molecule has 1 N–H and O–H groups in total. The summed E-state index contributed by atoms with van der Waals surface area (Å²) in [5.41, 5.74) is 0.0954. The Morgan fingerprint density at radius 1 is 1.21 bits per heavy atom. The fraction of sp³-hybridized carbons (Fsp3) is 0.200. The molecule has 0 spiro atoms. The number of alkyl halides is 2. The van der Waals surface area contributed by atoms with Gasteiger partial charge in [-0.15, -0.1) is 0 Å². The Labute approximate surface area is 164 Å². The van der Waals surface area contributed by atoms with Crippen molar-refractivity contribution in [3.05, 3.63) is 82.3 Å². The molecule has 0 radical (unpaired) electrons. The van der Waals surface area contributed by atoms with E-state index in [1.54, 1.807) is 6.07 Å². The van der Waals surface area contributed by atoms with Crippen LogP contribution in [0, 0.1) is 5.82 Å². The molecule has 0 bridgehead atoms. The topological polar surface area (TPSA) is 46.9 Å². The van der Waals surface area contributed by atoms with Gasteiger partial charge < -0.3 is 5.32 Å². The highest BCUT2D eigenvalue weighted by Gasteiger charge is 2.31. The first-order chi connectivity index (χ1) is 13.3. The Morgan fingerprint density at radius 3 is 2.68 bits per heavy atom. The van der Waals surface area contributed by atoms with E-state index < -0.39 is 17.6 Å². The molecule has 0 unspecified atom stereocenters. The number of amides is 1. The van der Waals surface area contributed by atoms with E-state index in [0.717, 1.165) is 0 Å². The van der Waals surface area contributed by atoms with Gasteiger partial charge in [0.15, 0.2) is 5.82 Å². The molecule has 0 atom stereocenters. The van der Waals surface area contributed by atoms with Crippen molar-refractivity contribution in [2.75, 3.05) is 5.32 Å². The number of nitrogens with zero attached hydrogens (tertiary/aromatic N) is 2. The van der Waals surface area contributed by atoms with E-state index >= 15 is 0 Å².